The maximum atomic E-state index is 12.8. The molecule has 0 aliphatic carbocycles. The summed E-state index contributed by atoms with van der Waals surface area (Å²) in [4.78, 5) is 27.6. The van der Waals surface area contributed by atoms with E-state index in [4.69, 9.17) is 10.00 Å². The monoisotopic (exact) mass is 386 g/mol. The first-order valence-corrected chi connectivity index (χ1v) is 9.33. The van der Waals surface area contributed by atoms with Crippen molar-refractivity contribution in [3.63, 3.8) is 0 Å². The molecule has 0 saturated carbocycles. The quantitative estimate of drug-likeness (QED) is 0.603. The lowest BCUT2D eigenvalue weighted by atomic mass is 10.0. The van der Waals surface area contributed by atoms with Crippen molar-refractivity contribution >= 4 is 11.6 Å². The number of hydrogen-bond acceptors (Lipinski definition) is 4. The smallest absolute Gasteiger partial charge is 0.219 e. The fraction of sp³-hybridized carbons (Fsp3) is 0.208. The highest BCUT2D eigenvalue weighted by molar-refractivity contribution is 6.04. The standard InChI is InChI=1S/C24H22N2O3/c1-14-22(16(3)27)15(2)26-23(14)24(28)17(4)29-21-11-9-20(10-12-21)19-7-5-18(13-25)6-8-19/h5-12,17,26H,1-4H3/t17-/m0/s1. The summed E-state index contributed by atoms with van der Waals surface area (Å²) in [5.74, 6) is 0.312. The first-order valence-electron chi connectivity index (χ1n) is 9.33. The van der Waals surface area contributed by atoms with E-state index in [1.807, 2.05) is 36.4 Å². The molecule has 1 N–H and O–H groups in total. The van der Waals surface area contributed by atoms with Gasteiger partial charge in [0, 0.05) is 11.3 Å². The van der Waals surface area contributed by atoms with E-state index in [0.717, 1.165) is 11.1 Å². The molecule has 0 radical (unpaired) electrons. The number of carbonyl (C=O) groups is 2. The fourth-order valence-electron chi connectivity index (χ4n) is 3.45. The summed E-state index contributed by atoms with van der Waals surface area (Å²) in [6.07, 6.45) is -0.702. The van der Waals surface area contributed by atoms with Crippen molar-refractivity contribution in [2.45, 2.75) is 33.8 Å². The lowest BCUT2D eigenvalue weighted by molar-refractivity contribution is 0.0812. The van der Waals surface area contributed by atoms with Crippen LogP contribution in [0.5, 0.6) is 5.75 Å². The van der Waals surface area contributed by atoms with Crippen LogP contribution >= 0.6 is 0 Å². The zero-order valence-corrected chi connectivity index (χ0v) is 16.9. The molecule has 1 atom stereocenters. The van der Waals surface area contributed by atoms with Crippen molar-refractivity contribution in [2.75, 3.05) is 0 Å². The molecular weight excluding hydrogens is 364 g/mol. The minimum Gasteiger partial charge on any atom is -0.483 e. The van der Waals surface area contributed by atoms with Gasteiger partial charge in [-0.1, -0.05) is 24.3 Å². The maximum Gasteiger partial charge on any atom is 0.219 e. The third kappa shape index (κ3) is 4.12. The Labute approximate surface area is 170 Å². The van der Waals surface area contributed by atoms with Crippen molar-refractivity contribution < 1.29 is 14.3 Å². The Balaban J connectivity index is 1.74. The molecule has 5 heteroatoms. The third-order valence-corrected chi connectivity index (χ3v) is 4.92. The largest absolute Gasteiger partial charge is 0.483 e. The van der Waals surface area contributed by atoms with E-state index in [-0.39, 0.29) is 11.6 Å². The lowest BCUT2D eigenvalue weighted by Crippen LogP contribution is -2.25. The molecule has 1 heterocycles. The van der Waals surface area contributed by atoms with Crippen molar-refractivity contribution in [3.8, 4) is 22.9 Å². The summed E-state index contributed by atoms with van der Waals surface area (Å²) < 4.78 is 5.82. The highest BCUT2D eigenvalue weighted by atomic mass is 16.5. The van der Waals surface area contributed by atoms with Crippen LogP contribution in [-0.4, -0.2) is 22.7 Å². The first kappa shape index (κ1) is 20.1. The normalized spacial score (nSPS) is 11.6. The van der Waals surface area contributed by atoms with Gasteiger partial charge in [0.05, 0.1) is 17.3 Å². The van der Waals surface area contributed by atoms with Gasteiger partial charge in [0.2, 0.25) is 5.78 Å². The van der Waals surface area contributed by atoms with Crippen LogP contribution in [0.1, 0.15) is 51.5 Å². The molecule has 0 aliphatic heterocycles. The Kier molecular flexibility index (Phi) is 5.65. The van der Waals surface area contributed by atoms with E-state index in [9.17, 15) is 9.59 Å². The SMILES string of the molecule is CC(=O)c1c(C)[nH]c(C(=O)[C@H](C)Oc2ccc(-c3ccc(C#N)cc3)cc2)c1C. The summed E-state index contributed by atoms with van der Waals surface area (Å²) in [6.45, 7) is 6.74. The predicted molar refractivity (Wildman–Crippen MR) is 111 cm³/mol. The van der Waals surface area contributed by atoms with E-state index in [1.165, 1.54) is 6.92 Å². The third-order valence-electron chi connectivity index (χ3n) is 4.92. The van der Waals surface area contributed by atoms with Gasteiger partial charge in [-0.15, -0.1) is 0 Å². The first-order chi connectivity index (χ1) is 13.8. The van der Waals surface area contributed by atoms with E-state index in [2.05, 4.69) is 11.1 Å². The van der Waals surface area contributed by atoms with Crippen molar-refractivity contribution in [2.24, 2.45) is 0 Å². The number of aromatic nitrogens is 1. The van der Waals surface area contributed by atoms with Gasteiger partial charge in [0.1, 0.15) is 5.75 Å². The van der Waals surface area contributed by atoms with Gasteiger partial charge >= 0.3 is 0 Å². The van der Waals surface area contributed by atoms with Gasteiger partial charge in [-0.3, -0.25) is 9.59 Å². The molecule has 0 fully saturated rings. The maximum absolute atomic E-state index is 12.8. The summed E-state index contributed by atoms with van der Waals surface area (Å²) in [6, 6.07) is 16.9. The number of ether oxygens (including phenoxy) is 1. The Morgan fingerprint density at radius 1 is 1.00 bits per heavy atom. The number of Topliss-reactive ketones (excluding diaryl/α,β-unsaturated/α-hetero) is 2. The van der Waals surface area contributed by atoms with Crippen LogP contribution in [0.2, 0.25) is 0 Å². The van der Waals surface area contributed by atoms with Gasteiger partial charge in [-0.25, -0.2) is 0 Å². The van der Waals surface area contributed by atoms with E-state index >= 15 is 0 Å². The lowest BCUT2D eigenvalue weighted by Gasteiger charge is -2.14. The Bertz CT molecular complexity index is 1100. The number of hydrogen-bond donors (Lipinski definition) is 1. The van der Waals surface area contributed by atoms with E-state index < -0.39 is 6.10 Å². The average Bonchev–Trinajstić information content (AvgIpc) is 3.02. The molecule has 1 aromatic heterocycles. The van der Waals surface area contributed by atoms with Crippen LogP contribution in [-0.2, 0) is 0 Å². The number of aryl methyl sites for hydroxylation is 1. The molecule has 0 saturated heterocycles. The Morgan fingerprint density at radius 3 is 2.03 bits per heavy atom. The zero-order valence-electron chi connectivity index (χ0n) is 16.9. The summed E-state index contributed by atoms with van der Waals surface area (Å²) in [7, 11) is 0. The topological polar surface area (TPSA) is 82.9 Å². The molecule has 3 rings (SSSR count). The number of ketones is 2. The number of aromatic amines is 1. The fourth-order valence-corrected chi connectivity index (χ4v) is 3.45. The number of H-pyrrole nitrogens is 1. The Morgan fingerprint density at radius 2 is 1.55 bits per heavy atom. The zero-order chi connectivity index (χ0) is 21.1. The molecular formula is C24H22N2O3. The van der Waals surface area contributed by atoms with Crippen LogP contribution in [0.15, 0.2) is 48.5 Å². The molecule has 0 bridgehead atoms. The van der Waals surface area contributed by atoms with E-state index in [0.29, 0.717) is 33.8 Å². The molecule has 0 unspecified atom stereocenters. The van der Waals surface area contributed by atoms with Gasteiger partial charge in [0.25, 0.3) is 0 Å². The number of benzene rings is 2. The summed E-state index contributed by atoms with van der Waals surface area (Å²) in [5, 5.41) is 8.89. The number of carbonyl (C=O) groups excluding carboxylic acids is 2. The van der Waals surface area contributed by atoms with Gasteiger partial charge in [-0.05, 0) is 68.7 Å². The van der Waals surface area contributed by atoms with Crippen molar-refractivity contribution in [1.29, 1.82) is 5.26 Å². The highest BCUT2D eigenvalue weighted by Crippen LogP contribution is 2.25. The second-order valence-corrected chi connectivity index (χ2v) is 7.02. The summed E-state index contributed by atoms with van der Waals surface area (Å²) in [5.41, 5.74) is 4.92. The van der Waals surface area contributed by atoms with Crippen LogP contribution in [0, 0.1) is 25.2 Å². The molecule has 0 amide bonds. The number of nitrogens with one attached hydrogen (secondary N) is 1. The molecule has 0 spiro atoms. The number of rotatable bonds is 6. The second-order valence-electron chi connectivity index (χ2n) is 7.02. The minimum atomic E-state index is -0.702. The average molecular weight is 386 g/mol. The predicted octanol–water partition coefficient (Wildman–Crippen LogP) is 5.02. The summed E-state index contributed by atoms with van der Waals surface area (Å²) >= 11 is 0. The van der Waals surface area contributed by atoms with Gasteiger partial charge in [0.15, 0.2) is 11.9 Å². The molecule has 3 aromatic rings. The molecule has 5 nitrogen and oxygen atoms in total. The number of nitriles is 1. The Hall–Kier alpha value is -3.65. The number of nitrogens with zero attached hydrogens (tertiary/aromatic N) is 1. The molecule has 0 aliphatic rings. The highest BCUT2D eigenvalue weighted by Gasteiger charge is 2.24. The second kappa shape index (κ2) is 8.15. The van der Waals surface area contributed by atoms with Crippen LogP contribution < -0.4 is 4.74 Å². The molecule has 2 aromatic carbocycles. The van der Waals surface area contributed by atoms with E-state index in [1.54, 1.807) is 32.9 Å². The van der Waals surface area contributed by atoms with Crippen molar-refractivity contribution in [1.82, 2.24) is 4.98 Å². The van der Waals surface area contributed by atoms with Gasteiger partial charge < -0.3 is 9.72 Å². The van der Waals surface area contributed by atoms with Gasteiger partial charge in [-0.2, -0.15) is 5.26 Å². The molecule has 29 heavy (non-hydrogen) atoms. The van der Waals surface area contributed by atoms with Crippen LogP contribution in [0.3, 0.4) is 0 Å². The minimum absolute atomic E-state index is 0.0673. The van der Waals surface area contributed by atoms with Crippen LogP contribution in [0.25, 0.3) is 11.1 Å². The van der Waals surface area contributed by atoms with Crippen LogP contribution in [0.4, 0.5) is 0 Å². The molecule has 146 valence electrons. The van der Waals surface area contributed by atoms with Crippen molar-refractivity contribution in [3.05, 3.63) is 76.6 Å².